The second-order valence-electron chi connectivity index (χ2n) is 5.51. The summed E-state index contributed by atoms with van der Waals surface area (Å²) in [7, 11) is 7.41. The number of benzene rings is 1. The summed E-state index contributed by atoms with van der Waals surface area (Å²) >= 11 is 5.94. The predicted molar refractivity (Wildman–Crippen MR) is 86.6 cm³/mol. The second kappa shape index (κ2) is 7.81. The highest BCUT2D eigenvalue weighted by Crippen LogP contribution is 2.23. The normalized spacial score (nSPS) is 12.0. The summed E-state index contributed by atoms with van der Waals surface area (Å²) in [4.78, 5) is 11.5. The average molecular weight is 311 g/mol. The summed E-state index contributed by atoms with van der Waals surface area (Å²) in [5, 5.41) is 4.48. The van der Waals surface area contributed by atoms with E-state index >= 15 is 0 Å². The molecule has 0 heterocycles. The zero-order valence-electron chi connectivity index (χ0n) is 12.8. The number of quaternary nitrogens is 1. The molecule has 1 rings (SSSR count). The molecule has 0 saturated heterocycles. The Morgan fingerprint density at radius 1 is 1.43 bits per heavy atom. The van der Waals surface area contributed by atoms with Crippen LogP contribution in [-0.4, -0.2) is 51.4 Å². The maximum atomic E-state index is 11.5. The van der Waals surface area contributed by atoms with Gasteiger partial charge in [-0.25, -0.2) is 5.43 Å². The van der Waals surface area contributed by atoms with E-state index in [2.05, 4.69) is 10.5 Å². The molecule has 0 fully saturated rings. The quantitative estimate of drug-likeness (QED) is 0.497. The number of hydrogen-bond donors (Lipinski definition) is 1. The van der Waals surface area contributed by atoms with Gasteiger partial charge in [0, 0.05) is 16.8 Å². The van der Waals surface area contributed by atoms with Crippen LogP contribution >= 0.6 is 11.6 Å². The van der Waals surface area contributed by atoms with Crippen molar-refractivity contribution < 1.29 is 14.0 Å². The molecule has 1 N–H and O–H groups in total. The fourth-order valence-electron chi connectivity index (χ4n) is 1.60. The molecule has 0 radical (unpaired) electrons. The van der Waals surface area contributed by atoms with Gasteiger partial charge in [0.25, 0.3) is 5.91 Å². The summed E-state index contributed by atoms with van der Waals surface area (Å²) < 4.78 is 5.78. The number of allylic oxidation sites excluding steroid dienone is 1. The molecule has 0 bridgehead atoms. The molecule has 0 saturated carbocycles. The molecule has 0 aromatic heterocycles. The van der Waals surface area contributed by atoms with Crippen LogP contribution in [0.1, 0.15) is 5.56 Å². The molecule has 1 aromatic carbocycles. The van der Waals surface area contributed by atoms with Crippen molar-refractivity contribution in [1.29, 1.82) is 0 Å². The first-order valence-electron chi connectivity index (χ1n) is 6.44. The predicted octanol–water partition coefficient (Wildman–Crippen LogP) is 2.17. The van der Waals surface area contributed by atoms with Crippen LogP contribution in [0.4, 0.5) is 0 Å². The van der Waals surface area contributed by atoms with E-state index in [1.54, 1.807) is 37.5 Å². The summed E-state index contributed by atoms with van der Waals surface area (Å²) in [6.07, 6.45) is 5.02. The Labute approximate surface area is 130 Å². The van der Waals surface area contributed by atoms with Gasteiger partial charge in [-0.3, -0.25) is 4.79 Å². The van der Waals surface area contributed by atoms with Crippen molar-refractivity contribution in [3.63, 3.8) is 0 Å². The molecule has 1 aromatic rings. The lowest BCUT2D eigenvalue weighted by molar-refractivity contribution is -0.862. The molecule has 114 valence electrons. The van der Waals surface area contributed by atoms with Gasteiger partial charge in [0.2, 0.25) is 0 Å². The van der Waals surface area contributed by atoms with Crippen molar-refractivity contribution in [2.24, 2.45) is 5.10 Å². The molecule has 21 heavy (non-hydrogen) atoms. The lowest BCUT2D eigenvalue weighted by Crippen LogP contribution is -2.43. The van der Waals surface area contributed by atoms with Gasteiger partial charge in [-0.15, -0.1) is 0 Å². The molecule has 0 unspecified atom stereocenters. The van der Waals surface area contributed by atoms with Gasteiger partial charge in [-0.1, -0.05) is 11.6 Å². The highest BCUT2D eigenvalue weighted by molar-refractivity contribution is 6.30. The summed E-state index contributed by atoms with van der Waals surface area (Å²) in [6, 6.07) is 5.35. The van der Waals surface area contributed by atoms with Crippen molar-refractivity contribution in [3.05, 3.63) is 34.9 Å². The number of rotatable bonds is 6. The number of nitrogens with zero attached hydrogens (tertiary/aromatic N) is 2. The van der Waals surface area contributed by atoms with E-state index in [1.165, 1.54) is 6.21 Å². The third-order valence-corrected chi connectivity index (χ3v) is 2.67. The Morgan fingerprint density at radius 3 is 2.76 bits per heavy atom. The van der Waals surface area contributed by atoms with Crippen LogP contribution in [0.5, 0.6) is 5.75 Å². The molecule has 0 aliphatic rings. The number of carbonyl (C=O) groups is 1. The van der Waals surface area contributed by atoms with Crippen LogP contribution in [0.15, 0.2) is 29.4 Å². The van der Waals surface area contributed by atoms with E-state index in [-0.39, 0.29) is 5.91 Å². The number of nitrogens with one attached hydrogen (secondary N) is 1. The maximum Gasteiger partial charge on any atom is 0.295 e. The van der Waals surface area contributed by atoms with Gasteiger partial charge in [-0.05, 0) is 30.4 Å². The van der Waals surface area contributed by atoms with Crippen molar-refractivity contribution in [2.75, 3.05) is 34.8 Å². The zero-order chi connectivity index (χ0) is 15.9. The van der Waals surface area contributed by atoms with Crippen LogP contribution in [0.2, 0.25) is 5.02 Å². The zero-order valence-corrected chi connectivity index (χ0v) is 13.5. The third kappa shape index (κ3) is 6.92. The highest BCUT2D eigenvalue weighted by Gasteiger charge is 2.12. The molecule has 5 nitrogen and oxygen atoms in total. The smallest absolute Gasteiger partial charge is 0.295 e. The van der Waals surface area contributed by atoms with Crippen LogP contribution in [-0.2, 0) is 4.79 Å². The Balaban J connectivity index is 2.57. The van der Waals surface area contributed by atoms with Crippen LogP contribution in [0.25, 0.3) is 6.08 Å². The Morgan fingerprint density at radius 2 is 2.14 bits per heavy atom. The van der Waals surface area contributed by atoms with E-state index < -0.39 is 0 Å². The number of ether oxygens (including phenoxy) is 1. The standard InChI is InChI=1S/C15H20ClN3O2/c1-19(2,3)11-15(20)18-17-9-5-6-12-10-13(16)7-8-14(12)21-4/h5-10H,11H2,1-4H3/p+1/b6-5-,17-9-. The minimum absolute atomic E-state index is 0.132. The number of halogens is 1. The monoisotopic (exact) mass is 310 g/mol. The Kier molecular flexibility index (Phi) is 6.39. The number of hydrogen-bond acceptors (Lipinski definition) is 3. The number of likely N-dealkylation sites (N-methyl/N-ethyl adjacent to an activating group) is 1. The van der Waals surface area contributed by atoms with E-state index in [1.807, 2.05) is 21.1 Å². The minimum atomic E-state index is -0.132. The van der Waals surface area contributed by atoms with Crippen LogP contribution in [0.3, 0.4) is 0 Å². The molecular weight excluding hydrogens is 290 g/mol. The van der Waals surface area contributed by atoms with Crippen LogP contribution < -0.4 is 10.2 Å². The van der Waals surface area contributed by atoms with Crippen molar-refractivity contribution >= 4 is 29.8 Å². The fourth-order valence-corrected chi connectivity index (χ4v) is 1.78. The van der Waals surface area contributed by atoms with Gasteiger partial charge >= 0.3 is 0 Å². The molecule has 0 aliphatic heterocycles. The minimum Gasteiger partial charge on any atom is -0.496 e. The fraction of sp³-hybridized carbons (Fsp3) is 0.333. The van der Waals surface area contributed by atoms with E-state index in [4.69, 9.17) is 16.3 Å². The van der Waals surface area contributed by atoms with Crippen LogP contribution in [0, 0.1) is 0 Å². The van der Waals surface area contributed by atoms with Gasteiger partial charge in [0.15, 0.2) is 6.54 Å². The topological polar surface area (TPSA) is 50.7 Å². The molecule has 1 amide bonds. The van der Waals surface area contributed by atoms with Gasteiger partial charge < -0.3 is 9.22 Å². The largest absolute Gasteiger partial charge is 0.496 e. The first kappa shape index (κ1) is 17.2. The summed E-state index contributed by atoms with van der Waals surface area (Å²) in [5.41, 5.74) is 3.31. The van der Waals surface area contributed by atoms with Gasteiger partial charge in [-0.2, -0.15) is 5.10 Å². The summed E-state index contributed by atoms with van der Waals surface area (Å²) in [5.74, 6) is 0.589. The lowest BCUT2D eigenvalue weighted by atomic mass is 10.2. The van der Waals surface area contributed by atoms with Gasteiger partial charge in [0.05, 0.1) is 28.3 Å². The van der Waals surface area contributed by atoms with E-state index in [0.29, 0.717) is 16.1 Å². The lowest BCUT2D eigenvalue weighted by Gasteiger charge is -2.21. The third-order valence-electron chi connectivity index (χ3n) is 2.44. The SMILES string of the molecule is COc1ccc(Cl)cc1/C=C\C=N/NC(=O)C[N+](C)(C)C. The highest BCUT2D eigenvalue weighted by atomic mass is 35.5. The second-order valence-corrected chi connectivity index (χ2v) is 5.94. The molecule has 6 heteroatoms. The van der Waals surface area contributed by atoms with Crippen molar-refractivity contribution in [1.82, 2.24) is 5.43 Å². The molecular formula is C15H21ClN3O2+. The maximum absolute atomic E-state index is 11.5. The Hall–Kier alpha value is -1.85. The average Bonchev–Trinajstić information content (AvgIpc) is 2.36. The number of methoxy groups -OCH3 is 1. The first-order valence-corrected chi connectivity index (χ1v) is 6.82. The Bertz CT molecular complexity index is 548. The molecule has 0 atom stereocenters. The van der Waals surface area contributed by atoms with Crippen molar-refractivity contribution in [3.8, 4) is 5.75 Å². The van der Waals surface area contributed by atoms with E-state index in [0.717, 1.165) is 11.3 Å². The molecule has 0 aliphatic carbocycles. The number of hydrazone groups is 1. The van der Waals surface area contributed by atoms with Gasteiger partial charge in [0.1, 0.15) is 5.75 Å². The first-order chi connectivity index (χ1) is 9.81. The summed E-state index contributed by atoms with van der Waals surface area (Å²) in [6.45, 7) is 0.364. The number of carbonyl (C=O) groups excluding carboxylic acids is 1. The molecule has 0 spiro atoms. The van der Waals surface area contributed by atoms with Crippen molar-refractivity contribution in [2.45, 2.75) is 0 Å². The number of amides is 1. The van der Waals surface area contributed by atoms with E-state index in [9.17, 15) is 4.79 Å².